The van der Waals surface area contributed by atoms with Crippen molar-refractivity contribution in [2.24, 2.45) is 0 Å². The van der Waals surface area contributed by atoms with Crippen LogP contribution in [0.1, 0.15) is 56.6 Å². The van der Waals surface area contributed by atoms with Crippen LogP contribution < -0.4 is 5.32 Å². The van der Waals surface area contributed by atoms with Crippen LogP contribution in [-0.4, -0.2) is 41.0 Å². The lowest BCUT2D eigenvalue weighted by Gasteiger charge is -2.28. The molecular formula is C19H22N6O. The van der Waals surface area contributed by atoms with Crippen LogP contribution in [0.25, 0.3) is 17.0 Å². The van der Waals surface area contributed by atoms with Gasteiger partial charge < -0.3 is 10.4 Å². The van der Waals surface area contributed by atoms with Gasteiger partial charge in [-0.1, -0.05) is 0 Å². The number of nitrogens with zero attached hydrogens (tertiary/aromatic N) is 4. The Bertz CT molecular complexity index is 993. The van der Waals surface area contributed by atoms with Crippen LogP contribution in [0, 0.1) is 0 Å². The largest absolute Gasteiger partial charge is 0.390 e. The van der Waals surface area contributed by atoms with Gasteiger partial charge in [0.05, 0.1) is 11.8 Å². The third-order valence-electron chi connectivity index (χ3n) is 6.44. The molecule has 0 aliphatic heterocycles. The number of anilines is 1. The molecule has 7 nitrogen and oxygen atoms in total. The molecule has 3 aromatic heterocycles. The van der Waals surface area contributed by atoms with Gasteiger partial charge in [0.2, 0.25) is 0 Å². The lowest BCUT2D eigenvalue weighted by Crippen LogP contribution is -2.33. The maximum Gasteiger partial charge on any atom is 0.154 e. The van der Waals surface area contributed by atoms with Crippen molar-refractivity contribution in [2.45, 2.75) is 62.0 Å². The van der Waals surface area contributed by atoms with Gasteiger partial charge in [0.25, 0.3) is 0 Å². The number of hydrogen-bond donors (Lipinski definition) is 3. The lowest BCUT2D eigenvalue weighted by molar-refractivity contribution is 0.0521. The van der Waals surface area contributed by atoms with E-state index >= 15 is 0 Å². The molecule has 0 saturated heterocycles. The molecule has 3 aromatic rings. The predicted octanol–water partition coefficient (Wildman–Crippen LogP) is 2.86. The van der Waals surface area contributed by atoms with E-state index in [0.29, 0.717) is 5.92 Å². The number of aliphatic hydroxyl groups is 1. The van der Waals surface area contributed by atoms with E-state index in [1.165, 1.54) is 18.5 Å². The highest BCUT2D eigenvalue weighted by Crippen LogP contribution is 2.51. The Kier molecular flexibility index (Phi) is 2.75. The summed E-state index contributed by atoms with van der Waals surface area (Å²) in [6.45, 7) is 0. The number of hydrogen-bond acceptors (Lipinski definition) is 5. The molecule has 26 heavy (non-hydrogen) atoms. The number of rotatable bonds is 4. The van der Waals surface area contributed by atoms with Gasteiger partial charge in [-0.25, -0.2) is 9.50 Å². The molecule has 0 aromatic carbocycles. The van der Waals surface area contributed by atoms with Crippen molar-refractivity contribution in [1.29, 1.82) is 0 Å². The summed E-state index contributed by atoms with van der Waals surface area (Å²) in [6, 6.07) is 6.09. The van der Waals surface area contributed by atoms with Crippen molar-refractivity contribution in [1.82, 2.24) is 24.8 Å². The Hall–Kier alpha value is -2.41. The molecule has 0 amide bonds. The van der Waals surface area contributed by atoms with Crippen LogP contribution in [0.2, 0.25) is 0 Å². The Morgan fingerprint density at radius 2 is 2.04 bits per heavy atom. The topological polar surface area (TPSA) is 91.1 Å². The minimum Gasteiger partial charge on any atom is -0.390 e. The number of H-pyrrole nitrogens is 1. The lowest BCUT2D eigenvalue weighted by atomic mass is 9.93. The van der Waals surface area contributed by atoms with Gasteiger partial charge in [0, 0.05) is 17.2 Å². The fraction of sp³-hybridized carbons (Fsp3) is 0.526. The Labute approximate surface area is 150 Å². The van der Waals surface area contributed by atoms with E-state index in [1.54, 1.807) is 0 Å². The summed E-state index contributed by atoms with van der Waals surface area (Å²) in [4.78, 5) is 4.47. The first-order valence-electron chi connectivity index (χ1n) is 9.53. The van der Waals surface area contributed by atoms with E-state index in [9.17, 15) is 5.11 Å². The van der Waals surface area contributed by atoms with E-state index < -0.39 is 5.60 Å². The molecule has 0 atom stereocenters. The van der Waals surface area contributed by atoms with Crippen molar-refractivity contribution in [3.63, 3.8) is 0 Å². The molecule has 0 radical (unpaired) electrons. The van der Waals surface area contributed by atoms with Crippen molar-refractivity contribution < 1.29 is 5.11 Å². The fourth-order valence-corrected chi connectivity index (χ4v) is 4.80. The summed E-state index contributed by atoms with van der Waals surface area (Å²) in [5.74, 6) is 1.48. The first-order valence-corrected chi connectivity index (χ1v) is 9.53. The number of imidazole rings is 1. The second kappa shape index (κ2) is 4.85. The van der Waals surface area contributed by atoms with E-state index in [0.717, 1.165) is 55.0 Å². The highest BCUT2D eigenvalue weighted by molar-refractivity contribution is 5.61. The second-order valence-corrected chi connectivity index (χ2v) is 8.42. The van der Waals surface area contributed by atoms with Crippen LogP contribution in [0.15, 0.2) is 24.4 Å². The van der Waals surface area contributed by atoms with Crippen molar-refractivity contribution in [3.8, 4) is 11.4 Å². The normalized spacial score (nSPS) is 30.3. The van der Waals surface area contributed by atoms with Gasteiger partial charge in [-0.2, -0.15) is 5.10 Å². The summed E-state index contributed by atoms with van der Waals surface area (Å²) in [5.41, 5.74) is 3.33. The summed E-state index contributed by atoms with van der Waals surface area (Å²) in [7, 11) is 0. The maximum absolute atomic E-state index is 10.5. The average Bonchev–Trinajstić information content (AvgIpc) is 2.98. The third-order valence-corrected chi connectivity index (χ3v) is 6.44. The van der Waals surface area contributed by atoms with Gasteiger partial charge in [-0.15, -0.1) is 5.10 Å². The minimum atomic E-state index is -0.467. The second-order valence-electron chi connectivity index (χ2n) is 8.42. The zero-order valence-corrected chi connectivity index (χ0v) is 14.6. The molecule has 134 valence electrons. The molecule has 2 bridgehead atoms. The highest BCUT2D eigenvalue weighted by atomic mass is 16.3. The third kappa shape index (κ3) is 2.19. The molecule has 3 aliphatic rings. The van der Waals surface area contributed by atoms with Crippen LogP contribution in [0.3, 0.4) is 0 Å². The minimum absolute atomic E-state index is 0.0123. The first-order chi connectivity index (χ1) is 12.6. The molecule has 0 spiro atoms. The van der Waals surface area contributed by atoms with Gasteiger partial charge in [-0.3, -0.25) is 5.10 Å². The molecular weight excluding hydrogens is 328 g/mol. The Morgan fingerprint density at radius 3 is 2.77 bits per heavy atom. The predicted molar refractivity (Wildman–Crippen MR) is 96.9 cm³/mol. The number of aromatic nitrogens is 5. The zero-order valence-electron chi connectivity index (χ0n) is 14.6. The van der Waals surface area contributed by atoms with Crippen LogP contribution >= 0.6 is 0 Å². The van der Waals surface area contributed by atoms with Crippen LogP contribution in [0.5, 0.6) is 0 Å². The SMILES string of the molecule is OC12CCC(Nc3ccc4ncc(-c5cc(C6CC6)[nH]n5)n4n3)(CC1)C2. The van der Waals surface area contributed by atoms with E-state index in [4.69, 9.17) is 5.10 Å². The van der Waals surface area contributed by atoms with Crippen LogP contribution in [0.4, 0.5) is 5.82 Å². The monoisotopic (exact) mass is 350 g/mol. The number of aromatic amines is 1. The summed E-state index contributed by atoms with van der Waals surface area (Å²) < 4.78 is 1.86. The van der Waals surface area contributed by atoms with Gasteiger partial charge in [0.1, 0.15) is 17.2 Å². The van der Waals surface area contributed by atoms with Gasteiger partial charge >= 0.3 is 0 Å². The van der Waals surface area contributed by atoms with E-state index in [2.05, 4.69) is 26.6 Å². The smallest absolute Gasteiger partial charge is 0.154 e. The fourth-order valence-electron chi connectivity index (χ4n) is 4.80. The summed E-state index contributed by atoms with van der Waals surface area (Å²) in [5, 5.41) is 26.5. The Morgan fingerprint density at radius 1 is 1.19 bits per heavy atom. The quantitative estimate of drug-likeness (QED) is 0.673. The van der Waals surface area contributed by atoms with Crippen molar-refractivity contribution >= 4 is 11.5 Å². The maximum atomic E-state index is 10.5. The molecule has 3 fully saturated rings. The van der Waals surface area contributed by atoms with Crippen molar-refractivity contribution in [3.05, 3.63) is 30.1 Å². The van der Waals surface area contributed by atoms with Gasteiger partial charge in [-0.05, 0) is 63.1 Å². The number of nitrogens with one attached hydrogen (secondary N) is 2. The molecule has 3 aliphatic carbocycles. The molecule has 3 saturated carbocycles. The van der Waals surface area contributed by atoms with Crippen LogP contribution in [-0.2, 0) is 0 Å². The highest BCUT2D eigenvalue weighted by Gasteiger charge is 2.53. The Balaban J connectivity index is 1.35. The summed E-state index contributed by atoms with van der Waals surface area (Å²) in [6.07, 6.45) is 8.92. The van der Waals surface area contributed by atoms with E-state index in [1.807, 2.05) is 22.8 Å². The van der Waals surface area contributed by atoms with E-state index in [-0.39, 0.29) is 5.54 Å². The number of fused-ring (bicyclic) bond motifs is 3. The van der Waals surface area contributed by atoms with Gasteiger partial charge in [0.15, 0.2) is 5.65 Å². The molecule has 3 heterocycles. The first kappa shape index (κ1) is 14.7. The zero-order chi connectivity index (χ0) is 17.4. The van der Waals surface area contributed by atoms with Crippen molar-refractivity contribution in [2.75, 3.05) is 5.32 Å². The molecule has 0 unspecified atom stereocenters. The standard InChI is InChI=1S/C19H22N6O/c26-19-7-5-18(11-19,6-8-19)21-16-3-4-17-20-10-15(25(17)24-16)14-9-13(22-23-14)12-1-2-12/h3-4,9-10,12,26H,1-2,5-8,11H2,(H,21,24)(H,22,23). The molecule has 7 heteroatoms. The molecule has 3 N–H and O–H groups in total. The summed E-state index contributed by atoms with van der Waals surface area (Å²) >= 11 is 0. The average molecular weight is 350 g/mol. The molecule has 6 rings (SSSR count).